The van der Waals surface area contributed by atoms with E-state index in [9.17, 15) is 10.0 Å². The molecule has 5 heteroatoms. The summed E-state index contributed by atoms with van der Waals surface area (Å²) in [4.78, 5) is 13.4. The Balaban J connectivity index is 1.41. The fourth-order valence-corrected chi connectivity index (χ4v) is 6.71. The zero-order valence-corrected chi connectivity index (χ0v) is 25.8. The van der Waals surface area contributed by atoms with Gasteiger partial charge in [-0.2, -0.15) is 4.57 Å². The second-order valence-electron chi connectivity index (χ2n) is 13.0. The maximum atomic E-state index is 13.4. The van der Waals surface area contributed by atoms with Crippen LogP contribution in [0.3, 0.4) is 0 Å². The molecule has 1 N–H and O–H groups in total. The van der Waals surface area contributed by atoms with Gasteiger partial charge in [0.2, 0.25) is 17.1 Å². The van der Waals surface area contributed by atoms with Gasteiger partial charge in [-0.15, -0.1) is 10.3 Å². The molecule has 0 aliphatic carbocycles. The molecular formula is C39H39N3O2+. The molecule has 1 fully saturated rings. The lowest BCUT2D eigenvalue weighted by Gasteiger charge is -2.50. The van der Waals surface area contributed by atoms with Crippen LogP contribution in [0.25, 0.3) is 39.3 Å². The minimum absolute atomic E-state index is 0.0772. The number of pyridine rings is 1. The Morgan fingerprint density at radius 3 is 1.52 bits per heavy atom. The molecule has 0 bridgehead atoms. The van der Waals surface area contributed by atoms with Crippen LogP contribution < -0.4 is 9.88 Å². The Morgan fingerprint density at radius 2 is 1.07 bits per heavy atom. The summed E-state index contributed by atoms with van der Waals surface area (Å²) in [5, 5.41) is 17.2. The van der Waals surface area contributed by atoms with Crippen LogP contribution in [0.4, 0.5) is 0 Å². The van der Waals surface area contributed by atoms with E-state index in [0.717, 1.165) is 39.3 Å². The highest BCUT2D eigenvalue weighted by Gasteiger charge is 2.46. The smallest absolute Gasteiger partial charge is 0.251 e. The van der Waals surface area contributed by atoms with E-state index in [1.54, 1.807) is 0 Å². The second-order valence-corrected chi connectivity index (χ2v) is 13.0. The van der Waals surface area contributed by atoms with Crippen molar-refractivity contribution in [2.75, 3.05) is 0 Å². The number of carbonyl (C=O) groups is 1. The maximum Gasteiger partial charge on any atom is 0.251 e. The van der Waals surface area contributed by atoms with Gasteiger partial charge in [-0.3, -0.25) is 4.79 Å². The number of nitrogens with one attached hydrogen (secondary N) is 1. The number of piperidine rings is 1. The maximum absolute atomic E-state index is 13.4. The predicted octanol–water partition coefficient (Wildman–Crippen LogP) is 8.06. The average Bonchev–Trinajstić information content (AvgIpc) is 3.04. The van der Waals surface area contributed by atoms with Gasteiger partial charge in [-0.05, 0) is 88.1 Å². The Hall–Kier alpha value is -4.58. The molecule has 44 heavy (non-hydrogen) atoms. The van der Waals surface area contributed by atoms with Gasteiger partial charge in [0.15, 0.2) is 0 Å². The van der Waals surface area contributed by atoms with E-state index in [1.807, 2.05) is 70.2 Å². The van der Waals surface area contributed by atoms with Gasteiger partial charge in [0, 0.05) is 58.1 Å². The molecule has 1 aliphatic heterocycles. The molecule has 0 unspecified atom stereocenters. The zero-order chi connectivity index (χ0) is 30.9. The molecule has 0 saturated carbocycles. The van der Waals surface area contributed by atoms with Crippen LogP contribution in [0.1, 0.15) is 50.9 Å². The van der Waals surface area contributed by atoms with Crippen molar-refractivity contribution < 1.29 is 14.6 Å². The van der Waals surface area contributed by atoms with Gasteiger partial charge in [0.1, 0.15) is 0 Å². The van der Waals surface area contributed by atoms with Crippen molar-refractivity contribution in [3.63, 3.8) is 0 Å². The van der Waals surface area contributed by atoms with Gasteiger partial charge in [0.05, 0.1) is 0 Å². The molecule has 1 amide bonds. The molecule has 1 aliphatic rings. The fourth-order valence-electron chi connectivity index (χ4n) is 6.71. The minimum Gasteiger partial charge on any atom is -0.349 e. The molecule has 1 saturated heterocycles. The molecule has 5 nitrogen and oxygen atoms in total. The second kappa shape index (κ2) is 11.8. The molecule has 2 heterocycles. The first kappa shape index (κ1) is 29.5. The first-order valence-electron chi connectivity index (χ1n) is 15.3. The predicted molar refractivity (Wildman–Crippen MR) is 175 cm³/mol. The quantitative estimate of drug-likeness (QED) is 0.206. The summed E-state index contributed by atoms with van der Waals surface area (Å²) in [7, 11) is 0. The van der Waals surface area contributed by atoms with Crippen molar-refractivity contribution in [1.29, 1.82) is 0 Å². The van der Waals surface area contributed by atoms with Crippen LogP contribution in [0, 0.1) is 0 Å². The molecule has 0 spiro atoms. The van der Waals surface area contributed by atoms with Gasteiger partial charge >= 0.3 is 0 Å². The topological polar surface area (TPSA) is 56.1 Å². The first-order valence-corrected chi connectivity index (χ1v) is 15.3. The minimum atomic E-state index is -0.548. The van der Waals surface area contributed by atoms with E-state index in [0.29, 0.717) is 18.4 Å². The van der Waals surface area contributed by atoms with E-state index in [-0.39, 0.29) is 11.9 Å². The van der Waals surface area contributed by atoms with Crippen molar-refractivity contribution in [2.24, 2.45) is 0 Å². The van der Waals surface area contributed by atoms with Crippen molar-refractivity contribution in [2.45, 2.75) is 57.7 Å². The third-order valence-corrected chi connectivity index (χ3v) is 8.63. The number of aromatic nitrogens is 1. The van der Waals surface area contributed by atoms with Crippen molar-refractivity contribution in [3.8, 4) is 39.3 Å². The molecule has 1 aromatic heterocycles. The molecule has 221 valence electrons. The van der Waals surface area contributed by atoms with Gasteiger partial charge in [0.25, 0.3) is 5.91 Å². The summed E-state index contributed by atoms with van der Waals surface area (Å²) in [6.45, 7) is 7.79. The molecule has 5 aromatic rings. The number of hydrogen-bond donors (Lipinski definition) is 1. The summed E-state index contributed by atoms with van der Waals surface area (Å²) in [6.07, 6.45) is 1.21. The number of carbonyl (C=O) groups excluding carboxylic acids is 1. The molecule has 0 atom stereocenters. The van der Waals surface area contributed by atoms with E-state index < -0.39 is 11.1 Å². The van der Waals surface area contributed by atoms with Crippen molar-refractivity contribution in [3.05, 3.63) is 133 Å². The Morgan fingerprint density at radius 1 is 0.636 bits per heavy atom. The standard InChI is InChI=1S/C39H38N3O2/c1-38(2)26-33(27-39(3,4)42(38)44)40-37(43)31-20-22-34(23-21-31)41-35(29-16-10-6-11-17-29)24-32(28-14-8-5-9-15-28)25-36(41)30-18-12-7-13-19-30/h5-25,33H,26-27H2,1-4H3/p+1. The molecule has 1 radical (unpaired) electrons. The monoisotopic (exact) mass is 581 g/mol. The molecular weight excluding hydrogens is 542 g/mol. The Bertz CT molecular complexity index is 1670. The molecule has 6 rings (SSSR count). The summed E-state index contributed by atoms with van der Waals surface area (Å²) in [5.74, 6) is -0.122. The lowest BCUT2D eigenvalue weighted by Crippen LogP contribution is -2.62. The van der Waals surface area contributed by atoms with Gasteiger partial charge in [-0.25, -0.2) is 0 Å². The number of amides is 1. The van der Waals surface area contributed by atoms with E-state index >= 15 is 0 Å². The summed E-state index contributed by atoms with van der Waals surface area (Å²) in [5.41, 5.74) is 7.04. The SMILES string of the molecule is CC1(C)CC(NC(=O)c2ccc(-[n+]3c(-c4ccccc4)cc(-c4ccccc4)cc3-c3ccccc3)cc2)CC(C)(C)N1[O]. The van der Waals surface area contributed by atoms with Crippen LogP contribution in [0.2, 0.25) is 0 Å². The fraction of sp³-hybridized carbons (Fsp3) is 0.231. The highest BCUT2D eigenvalue weighted by Crippen LogP contribution is 2.37. The van der Waals surface area contributed by atoms with E-state index in [2.05, 4.69) is 94.8 Å². The van der Waals surface area contributed by atoms with Crippen LogP contribution >= 0.6 is 0 Å². The highest BCUT2D eigenvalue weighted by atomic mass is 16.5. The normalized spacial score (nSPS) is 16.4. The number of rotatable bonds is 6. The lowest BCUT2D eigenvalue weighted by molar-refractivity contribution is -0.572. The average molecular weight is 582 g/mol. The lowest BCUT2D eigenvalue weighted by atomic mass is 9.79. The summed E-state index contributed by atoms with van der Waals surface area (Å²) in [6, 6.07) is 43.5. The zero-order valence-electron chi connectivity index (χ0n) is 25.8. The van der Waals surface area contributed by atoms with Crippen LogP contribution in [0.15, 0.2) is 127 Å². The third-order valence-electron chi connectivity index (χ3n) is 8.63. The van der Waals surface area contributed by atoms with E-state index in [4.69, 9.17) is 0 Å². The van der Waals surface area contributed by atoms with E-state index in [1.165, 1.54) is 5.06 Å². The Kier molecular flexibility index (Phi) is 7.93. The highest BCUT2D eigenvalue weighted by molar-refractivity contribution is 5.94. The van der Waals surface area contributed by atoms with Crippen LogP contribution in [-0.2, 0) is 5.21 Å². The number of hydroxylamine groups is 2. The van der Waals surface area contributed by atoms with Gasteiger partial charge in [-0.1, -0.05) is 66.7 Å². The molecule has 4 aromatic carbocycles. The Labute approximate surface area is 260 Å². The number of nitrogens with zero attached hydrogens (tertiary/aromatic N) is 2. The largest absolute Gasteiger partial charge is 0.349 e. The van der Waals surface area contributed by atoms with Crippen LogP contribution in [-0.4, -0.2) is 28.1 Å². The third kappa shape index (κ3) is 5.94. The summed E-state index contributed by atoms with van der Waals surface area (Å²) >= 11 is 0. The van der Waals surface area contributed by atoms with Crippen LogP contribution in [0.5, 0.6) is 0 Å². The summed E-state index contributed by atoms with van der Waals surface area (Å²) < 4.78 is 2.27. The number of hydrogen-bond acceptors (Lipinski definition) is 2. The van der Waals surface area contributed by atoms with Gasteiger partial charge < -0.3 is 5.32 Å². The van der Waals surface area contributed by atoms with Crippen molar-refractivity contribution in [1.82, 2.24) is 10.4 Å². The number of benzene rings is 4. The van der Waals surface area contributed by atoms with Crippen molar-refractivity contribution >= 4 is 5.91 Å². The first-order chi connectivity index (χ1) is 21.1.